The van der Waals surface area contributed by atoms with E-state index in [0.29, 0.717) is 12.3 Å². The Bertz CT molecular complexity index is 1760. The van der Waals surface area contributed by atoms with E-state index in [1.165, 1.54) is 27.8 Å². The van der Waals surface area contributed by atoms with Crippen LogP contribution in [0.4, 0.5) is 0 Å². The number of aldehydes is 1. The van der Waals surface area contributed by atoms with Crippen LogP contribution in [0.25, 0.3) is 16.5 Å². The van der Waals surface area contributed by atoms with Gasteiger partial charge in [-0.15, -0.1) is 0 Å². The van der Waals surface area contributed by atoms with Gasteiger partial charge in [0.15, 0.2) is 6.29 Å². The van der Waals surface area contributed by atoms with E-state index in [0.717, 1.165) is 86.3 Å². The number of nitrogens with zero attached hydrogens (tertiary/aromatic N) is 4. The van der Waals surface area contributed by atoms with Gasteiger partial charge in [0.05, 0.1) is 17.4 Å². The van der Waals surface area contributed by atoms with Gasteiger partial charge in [0.1, 0.15) is 23.9 Å². The maximum atomic E-state index is 11.7. The second-order valence-corrected chi connectivity index (χ2v) is 11.2. The molecule has 210 valence electrons. The van der Waals surface area contributed by atoms with Gasteiger partial charge in [-0.05, 0) is 66.6 Å². The van der Waals surface area contributed by atoms with Crippen LogP contribution >= 0.6 is 0 Å². The lowest BCUT2D eigenvalue weighted by molar-refractivity contribution is 0.111. The summed E-state index contributed by atoms with van der Waals surface area (Å²) in [7, 11) is 0. The van der Waals surface area contributed by atoms with Crippen LogP contribution in [-0.2, 0) is 26.0 Å². The van der Waals surface area contributed by atoms with E-state index in [1.807, 2.05) is 24.3 Å². The van der Waals surface area contributed by atoms with E-state index in [-0.39, 0.29) is 0 Å². The zero-order chi connectivity index (χ0) is 28.3. The fraction of sp³-hybridized carbons (Fsp3) is 0.250. The molecule has 4 heterocycles. The minimum absolute atomic E-state index is 0.455. The van der Waals surface area contributed by atoms with Crippen LogP contribution < -0.4 is 4.74 Å². The number of hydrogen-bond acceptors (Lipinski definition) is 5. The molecule has 0 atom stereocenters. The zero-order valence-corrected chi connectivity index (χ0v) is 23.7. The largest absolute Gasteiger partial charge is 0.487 e. The van der Waals surface area contributed by atoms with E-state index in [4.69, 9.17) is 14.7 Å². The second-order valence-electron chi connectivity index (χ2n) is 11.2. The summed E-state index contributed by atoms with van der Waals surface area (Å²) in [5, 5.41) is 1.14. The number of benzene rings is 3. The second kappa shape index (κ2) is 11.7. The Morgan fingerprint density at radius 1 is 0.833 bits per heavy atom. The van der Waals surface area contributed by atoms with Crippen LogP contribution in [0.2, 0.25) is 0 Å². The Morgan fingerprint density at radius 3 is 2.50 bits per heavy atom. The predicted octanol–water partition coefficient (Wildman–Crippen LogP) is 6.52. The van der Waals surface area contributed by atoms with Crippen molar-refractivity contribution in [3.8, 4) is 5.75 Å². The van der Waals surface area contributed by atoms with Crippen LogP contribution in [-0.4, -0.2) is 45.4 Å². The van der Waals surface area contributed by atoms with Gasteiger partial charge in [0.2, 0.25) is 0 Å². The van der Waals surface area contributed by atoms with Crippen LogP contribution in [0.15, 0.2) is 96.7 Å². The van der Waals surface area contributed by atoms with Crippen LogP contribution in [0, 0.1) is 0 Å². The molecule has 0 spiro atoms. The molecule has 0 bridgehead atoms. The molecule has 0 saturated carbocycles. The molecule has 0 N–H and O–H groups in total. The van der Waals surface area contributed by atoms with Gasteiger partial charge in [-0.2, -0.15) is 0 Å². The van der Waals surface area contributed by atoms with Crippen molar-refractivity contribution >= 4 is 22.8 Å². The van der Waals surface area contributed by atoms with Gasteiger partial charge in [0.25, 0.3) is 0 Å². The highest BCUT2D eigenvalue weighted by atomic mass is 16.5. The Balaban J connectivity index is 0.973. The van der Waals surface area contributed by atoms with Crippen molar-refractivity contribution in [3.63, 3.8) is 0 Å². The number of likely N-dealkylation sites (tertiary alicyclic amines) is 1. The fourth-order valence-electron chi connectivity index (χ4n) is 6.28. The van der Waals surface area contributed by atoms with Gasteiger partial charge in [-0.25, -0.2) is 9.97 Å². The molecule has 2 aromatic heterocycles. The number of ether oxygens (including phenoxy) is 1. The maximum Gasteiger partial charge on any atom is 0.168 e. The fourth-order valence-corrected chi connectivity index (χ4v) is 6.28. The lowest BCUT2D eigenvalue weighted by atomic mass is 9.90. The molecule has 1 saturated heterocycles. The molecule has 1 fully saturated rings. The summed E-state index contributed by atoms with van der Waals surface area (Å²) in [6.07, 6.45) is 6.60. The molecule has 3 aromatic carbocycles. The first-order valence-electron chi connectivity index (χ1n) is 14.9. The van der Waals surface area contributed by atoms with Crippen LogP contribution in [0.3, 0.4) is 0 Å². The summed E-state index contributed by atoms with van der Waals surface area (Å²) in [5.41, 5.74) is 9.21. The number of piperidine rings is 1. The summed E-state index contributed by atoms with van der Waals surface area (Å²) in [4.78, 5) is 23.7. The Morgan fingerprint density at radius 2 is 1.64 bits per heavy atom. The number of para-hydroxylation sites is 1. The number of fused-ring (bicyclic) bond motifs is 3. The van der Waals surface area contributed by atoms with Gasteiger partial charge in [-0.1, -0.05) is 66.2 Å². The molecule has 0 radical (unpaired) electrons. The highest BCUT2D eigenvalue weighted by Crippen LogP contribution is 2.36. The van der Waals surface area contributed by atoms with E-state index in [9.17, 15) is 4.79 Å². The van der Waals surface area contributed by atoms with E-state index < -0.39 is 0 Å². The number of aromatic nitrogens is 3. The van der Waals surface area contributed by atoms with E-state index in [1.54, 1.807) is 6.20 Å². The van der Waals surface area contributed by atoms with E-state index in [2.05, 4.69) is 70.1 Å². The van der Waals surface area contributed by atoms with Gasteiger partial charge in [0, 0.05) is 37.1 Å². The third-order valence-electron chi connectivity index (χ3n) is 8.62. The zero-order valence-electron chi connectivity index (χ0n) is 23.7. The number of imidazole rings is 1. The lowest BCUT2D eigenvalue weighted by Crippen LogP contribution is -2.33. The topological polar surface area (TPSA) is 60.2 Å². The summed E-state index contributed by atoms with van der Waals surface area (Å²) < 4.78 is 8.13. The van der Waals surface area contributed by atoms with Gasteiger partial charge in [-0.3, -0.25) is 4.79 Å². The third-order valence-corrected chi connectivity index (χ3v) is 8.62. The SMILES string of the molecule is O=Cc1cnc2n1CCc1ccccc1C2=C1CCN(CCc2ccc(OCc3ccc4ccccc4n3)cc2)CC1. The van der Waals surface area contributed by atoms with Gasteiger partial charge < -0.3 is 14.2 Å². The normalized spacial score (nSPS) is 15.2. The quantitative estimate of drug-likeness (QED) is 0.214. The molecule has 0 amide bonds. The average molecular weight is 555 g/mol. The molecule has 42 heavy (non-hydrogen) atoms. The number of carbonyl (C=O) groups is 1. The van der Waals surface area contributed by atoms with Crippen LogP contribution in [0.1, 0.15) is 51.5 Å². The summed E-state index contributed by atoms with van der Waals surface area (Å²) in [5.74, 6) is 1.81. The molecule has 2 aliphatic heterocycles. The van der Waals surface area contributed by atoms with Crippen molar-refractivity contribution in [2.45, 2.75) is 38.8 Å². The molecular weight excluding hydrogens is 520 g/mol. The smallest absolute Gasteiger partial charge is 0.168 e. The van der Waals surface area contributed by atoms with Crippen molar-refractivity contribution in [1.82, 2.24) is 19.4 Å². The Labute approximate surface area is 246 Å². The summed E-state index contributed by atoms with van der Waals surface area (Å²) in [6, 6.07) is 29.4. The first kappa shape index (κ1) is 26.4. The highest BCUT2D eigenvalue weighted by molar-refractivity contribution is 5.84. The Kier molecular flexibility index (Phi) is 7.37. The number of carbonyl (C=O) groups excluding carboxylic acids is 1. The molecular formula is C36H34N4O2. The molecule has 2 aliphatic rings. The van der Waals surface area contributed by atoms with Crippen molar-refractivity contribution in [2.24, 2.45) is 0 Å². The number of pyridine rings is 1. The molecule has 7 rings (SSSR count). The number of hydrogen-bond donors (Lipinski definition) is 0. The lowest BCUT2D eigenvalue weighted by Gasteiger charge is -2.30. The standard InChI is InChI=1S/C36H34N4O2/c41-24-31-23-37-36-35(33-7-3-1-5-27(33)18-22-40(31)36)29-16-20-39(21-17-29)19-15-26-9-13-32(14-10-26)42-25-30-12-11-28-6-2-4-8-34(28)38-30/h1-14,23-24H,15-22,25H2. The minimum Gasteiger partial charge on any atom is -0.487 e. The van der Waals surface area contributed by atoms with Crippen LogP contribution in [0.5, 0.6) is 5.75 Å². The average Bonchev–Trinajstić information content (AvgIpc) is 3.38. The Hall–Kier alpha value is -4.55. The molecule has 0 aliphatic carbocycles. The molecule has 6 nitrogen and oxygen atoms in total. The molecule has 0 unspecified atom stereocenters. The minimum atomic E-state index is 0.455. The molecule has 5 aromatic rings. The van der Waals surface area contributed by atoms with Gasteiger partial charge >= 0.3 is 0 Å². The third kappa shape index (κ3) is 5.38. The van der Waals surface area contributed by atoms with E-state index >= 15 is 0 Å². The number of rotatable bonds is 7. The first-order valence-corrected chi connectivity index (χ1v) is 14.9. The number of aryl methyl sites for hydroxylation is 1. The summed E-state index contributed by atoms with van der Waals surface area (Å²) >= 11 is 0. The summed E-state index contributed by atoms with van der Waals surface area (Å²) in [6.45, 7) is 4.33. The van der Waals surface area contributed by atoms with Crippen molar-refractivity contribution in [3.05, 3.63) is 131 Å². The maximum absolute atomic E-state index is 11.7. The highest BCUT2D eigenvalue weighted by Gasteiger charge is 2.26. The van der Waals surface area contributed by atoms with Crippen molar-refractivity contribution < 1.29 is 9.53 Å². The predicted molar refractivity (Wildman–Crippen MR) is 166 cm³/mol. The van der Waals surface area contributed by atoms with Crippen molar-refractivity contribution in [1.29, 1.82) is 0 Å². The first-order chi connectivity index (χ1) is 20.7. The van der Waals surface area contributed by atoms with Crippen molar-refractivity contribution in [2.75, 3.05) is 19.6 Å². The monoisotopic (exact) mass is 554 g/mol. The molecule has 6 heteroatoms.